The molecule has 1 unspecified atom stereocenters. The molecule has 1 heterocycles. The van der Waals surface area contributed by atoms with Crippen LogP contribution in [0.3, 0.4) is 0 Å². The minimum atomic E-state index is -0.178. The van der Waals surface area contributed by atoms with Crippen LogP contribution in [0.25, 0.3) is 0 Å². The van der Waals surface area contributed by atoms with Gasteiger partial charge < -0.3 is 15.2 Å². The van der Waals surface area contributed by atoms with Crippen molar-refractivity contribution in [1.29, 1.82) is 0 Å². The first-order chi connectivity index (χ1) is 9.65. The van der Waals surface area contributed by atoms with E-state index in [9.17, 15) is 0 Å². The molecule has 0 fully saturated rings. The van der Waals surface area contributed by atoms with Crippen LogP contribution >= 0.6 is 15.9 Å². The van der Waals surface area contributed by atoms with Crippen molar-refractivity contribution >= 4 is 15.9 Å². The zero-order valence-electron chi connectivity index (χ0n) is 11.2. The van der Waals surface area contributed by atoms with Gasteiger partial charge in [-0.3, -0.25) is 0 Å². The van der Waals surface area contributed by atoms with Gasteiger partial charge >= 0.3 is 0 Å². The molecule has 2 aromatic rings. The van der Waals surface area contributed by atoms with Crippen LogP contribution in [0.5, 0.6) is 11.5 Å². The van der Waals surface area contributed by atoms with Crippen LogP contribution in [0.1, 0.15) is 22.7 Å². The van der Waals surface area contributed by atoms with Crippen molar-refractivity contribution < 1.29 is 9.47 Å². The first-order valence-corrected chi connectivity index (χ1v) is 7.35. The summed E-state index contributed by atoms with van der Waals surface area (Å²) >= 11 is 3.55. The molecule has 1 aliphatic rings. The molecule has 3 nitrogen and oxygen atoms in total. The Morgan fingerprint density at radius 2 is 1.65 bits per heavy atom. The maximum Gasteiger partial charge on any atom is 0.161 e. The predicted molar refractivity (Wildman–Crippen MR) is 82.3 cm³/mol. The second-order valence-electron chi connectivity index (χ2n) is 4.89. The third kappa shape index (κ3) is 2.53. The Morgan fingerprint density at radius 3 is 2.40 bits per heavy atom. The van der Waals surface area contributed by atoms with Gasteiger partial charge in [0, 0.05) is 4.47 Å². The lowest BCUT2D eigenvalue weighted by Crippen LogP contribution is -2.17. The van der Waals surface area contributed by atoms with Gasteiger partial charge in [0.15, 0.2) is 11.5 Å². The van der Waals surface area contributed by atoms with Crippen molar-refractivity contribution in [2.45, 2.75) is 13.0 Å². The van der Waals surface area contributed by atoms with Gasteiger partial charge in [0.2, 0.25) is 0 Å². The molecular formula is C16H16BrNO2. The van der Waals surface area contributed by atoms with E-state index >= 15 is 0 Å². The fraction of sp³-hybridized carbons (Fsp3) is 0.250. The monoisotopic (exact) mass is 333 g/mol. The van der Waals surface area contributed by atoms with Crippen molar-refractivity contribution in [1.82, 2.24) is 0 Å². The van der Waals surface area contributed by atoms with Crippen LogP contribution in [-0.4, -0.2) is 13.2 Å². The second kappa shape index (κ2) is 5.46. The maximum atomic E-state index is 6.35. The van der Waals surface area contributed by atoms with Gasteiger partial charge in [0.1, 0.15) is 13.2 Å². The van der Waals surface area contributed by atoms with Crippen molar-refractivity contribution in [3.8, 4) is 11.5 Å². The zero-order valence-corrected chi connectivity index (χ0v) is 12.8. The SMILES string of the molecule is Cc1ccc(C(N)c2ccc3c(c2)OCCO3)cc1Br. The summed E-state index contributed by atoms with van der Waals surface area (Å²) in [6.07, 6.45) is 0. The van der Waals surface area contributed by atoms with Crippen molar-refractivity contribution in [3.63, 3.8) is 0 Å². The van der Waals surface area contributed by atoms with Crippen LogP contribution in [0, 0.1) is 6.92 Å². The highest BCUT2D eigenvalue weighted by Gasteiger charge is 2.16. The van der Waals surface area contributed by atoms with Gasteiger partial charge in [-0.15, -0.1) is 0 Å². The molecule has 0 amide bonds. The number of ether oxygens (including phenoxy) is 2. The number of fused-ring (bicyclic) bond motifs is 1. The molecule has 0 saturated heterocycles. The molecule has 2 N–H and O–H groups in total. The number of benzene rings is 2. The summed E-state index contributed by atoms with van der Waals surface area (Å²) in [4.78, 5) is 0. The molecule has 3 rings (SSSR count). The van der Waals surface area contributed by atoms with E-state index in [1.54, 1.807) is 0 Å². The molecule has 0 saturated carbocycles. The van der Waals surface area contributed by atoms with E-state index in [-0.39, 0.29) is 6.04 Å². The van der Waals surface area contributed by atoms with Crippen LogP contribution in [0.2, 0.25) is 0 Å². The van der Waals surface area contributed by atoms with Gasteiger partial charge in [-0.1, -0.05) is 34.1 Å². The van der Waals surface area contributed by atoms with Gasteiger partial charge in [-0.2, -0.15) is 0 Å². The fourth-order valence-corrected chi connectivity index (χ4v) is 2.64. The largest absolute Gasteiger partial charge is 0.486 e. The maximum absolute atomic E-state index is 6.35. The van der Waals surface area contributed by atoms with E-state index in [0.717, 1.165) is 27.1 Å². The highest BCUT2D eigenvalue weighted by Crippen LogP contribution is 2.34. The first kappa shape index (κ1) is 13.5. The van der Waals surface area contributed by atoms with Crippen LogP contribution in [0.4, 0.5) is 0 Å². The summed E-state index contributed by atoms with van der Waals surface area (Å²) in [6, 6.07) is 11.9. The third-order valence-electron chi connectivity index (χ3n) is 3.48. The topological polar surface area (TPSA) is 44.5 Å². The van der Waals surface area contributed by atoms with Crippen molar-refractivity contribution in [2.24, 2.45) is 5.73 Å². The lowest BCUT2D eigenvalue weighted by Gasteiger charge is -2.21. The number of nitrogens with two attached hydrogens (primary N) is 1. The van der Waals surface area contributed by atoms with E-state index in [1.165, 1.54) is 5.56 Å². The number of hydrogen-bond donors (Lipinski definition) is 1. The Balaban J connectivity index is 1.93. The van der Waals surface area contributed by atoms with Crippen LogP contribution in [0.15, 0.2) is 40.9 Å². The first-order valence-electron chi connectivity index (χ1n) is 6.56. The van der Waals surface area contributed by atoms with E-state index in [1.807, 2.05) is 18.2 Å². The molecule has 0 aliphatic carbocycles. The van der Waals surface area contributed by atoms with Crippen molar-refractivity contribution in [2.75, 3.05) is 13.2 Å². The summed E-state index contributed by atoms with van der Waals surface area (Å²) < 4.78 is 12.2. The number of rotatable bonds is 2. The Bertz CT molecular complexity index is 642. The molecule has 104 valence electrons. The smallest absolute Gasteiger partial charge is 0.161 e. The summed E-state index contributed by atoms with van der Waals surface area (Å²) in [5.41, 5.74) is 9.64. The lowest BCUT2D eigenvalue weighted by atomic mass is 9.98. The minimum Gasteiger partial charge on any atom is -0.486 e. The van der Waals surface area contributed by atoms with Crippen LogP contribution in [-0.2, 0) is 0 Å². The molecule has 4 heteroatoms. The summed E-state index contributed by atoms with van der Waals surface area (Å²) in [6.45, 7) is 3.24. The van der Waals surface area contributed by atoms with Gasteiger partial charge in [0.05, 0.1) is 6.04 Å². The molecule has 20 heavy (non-hydrogen) atoms. The molecule has 0 spiro atoms. The Kier molecular flexibility index (Phi) is 3.68. The fourth-order valence-electron chi connectivity index (χ4n) is 2.25. The summed E-state index contributed by atoms with van der Waals surface area (Å²) in [7, 11) is 0. The molecule has 0 radical (unpaired) electrons. The van der Waals surface area contributed by atoms with Gasteiger partial charge in [-0.25, -0.2) is 0 Å². The molecule has 0 bridgehead atoms. The van der Waals surface area contributed by atoms with Gasteiger partial charge in [0.25, 0.3) is 0 Å². The highest BCUT2D eigenvalue weighted by atomic mass is 79.9. The average Bonchev–Trinajstić information content (AvgIpc) is 2.49. The number of halogens is 1. The lowest BCUT2D eigenvalue weighted by molar-refractivity contribution is 0.171. The average molecular weight is 334 g/mol. The summed E-state index contributed by atoms with van der Waals surface area (Å²) in [5.74, 6) is 1.56. The Labute approximate surface area is 126 Å². The van der Waals surface area contributed by atoms with E-state index in [2.05, 4.69) is 41.1 Å². The van der Waals surface area contributed by atoms with E-state index in [4.69, 9.17) is 15.2 Å². The molecular weight excluding hydrogens is 318 g/mol. The van der Waals surface area contributed by atoms with E-state index < -0.39 is 0 Å². The second-order valence-corrected chi connectivity index (χ2v) is 5.74. The minimum absolute atomic E-state index is 0.178. The van der Waals surface area contributed by atoms with Crippen molar-refractivity contribution in [3.05, 3.63) is 57.6 Å². The Morgan fingerprint density at radius 1 is 1.00 bits per heavy atom. The normalized spacial score (nSPS) is 14.9. The molecule has 2 aromatic carbocycles. The molecule has 0 aromatic heterocycles. The molecule has 1 aliphatic heterocycles. The molecule has 1 atom stereocenters. The number of hydrogen-bond acceptors (Lipinski definition) is 3. The number of aryl methyl sites for hydroxylation is 1. The van der Waals surface area contributed by atoms with Gasteiger partial charge in [-0.05, 0) is 41.8 Å². The zero-order chi connectivity index (χ0) is 14.1. The predicted octanol–water partition coefficient (Wildman–Crippen LogP) is 3.58. The standard InChI is InChI=1S/C16H16BrNO2/c1-10-2-3-11(8-13(10)17)16(18)12-4-5-14-15(9-12)20-7-6-19-14/h2-5,8-9,16H,6-7,18H2,1H3. The highest BCUT2D eigenvalue weighted by molar-refractivity contribution is 9.10. The van der Waals surface area contributed by atoms with Crippen LogP contribution < -0.4 is 15.2 Å². The Hall–Kier alpha value is -1.52. The van der Waals surface area contributed by atoms with E-state index in [0.29, 0.717) is 13.2 Å². The summed E-state index contributed by atoms with van der Waals surface area (Å²) in [5, 5.41) is 0. The third-order valence-corrected chi connectivity index (χ3v) is 4.33. The quantitative estimate of drug-likeness (QED) is 0.913.